The van der Waals surface area contributed by atoms with E-state index >= 15 is 0 Å². The zero-order chi connectivity index (χ0) is 15.1. The van der Waals surface area contributed by atoms with E-state index in [1.807, 2.05) is 0 Å². The monoisotopic (exact) mass is 294 g/mol. The average molecular weight is 294 g/mol. The first kappa shape index (κ1) is 14.4. The van der Waals surface area contributed by atoms with Gasteiger partial charge in [0.2, 0.25) is 0 Å². The molecule has 0 radical (unpaired) electrons. The fraction of sp³-hybridized carbons (Fsp3) is 0.250. The second kappa shape index (κ2) is 4.53. The number of alkyl halides is 6. The number of rotatable bonds is 1. The van der Waals surface area contributed by atoms with Crippen LogP contribution in [0.15, 0.2) is 24.3 Å². The van der Waals surface area contributed by atoms with Crippen molar-refractivity contribution in [1.29, 1.82) is 0 Å². The lowest BCUT2D eigenvalue weighted by molar-refractivity contribution is -0.163. The molecule has 0 unspecified atom stereocenters. The molecule has 0 spiro atoms. The molecule has 0 fully saturated rings. The highest BCUT2D eigenvalue weighted by atomic mass is 19.4. The first-order valence-corrected chi connectivity index (χ1v) is 5.41. The molecule has 0 saturated carbocycles. The molecule has 0 aliphatic heterocycles. The van der Waals surface area contributed by atoms with Crippen LogP contribution in [0, 0.1) is 6.92 Å². The Morgan fingerprint density at radius 1 is 0.950 bits per heavy atom. The Morgan fingerprint density at radius 2 is 1.55 bits per heavy atom. The maximum Gasteiger partial charge on any atom is 0.433 e. The predicted molar refractivity (Wildman–Crippen MR) is 58.8 cm³/mol. The molecule has 0 saturated heterocycles. The van der Waals surface area contributed by atoms with Gasteiger partial charge in [-0.25, -0.2) is 0 Å². The van der Waals surface area contributed by atoms with Gasteiger partial charge in [0.05, 0.1) is 0 Å². The van der Waals surface area contributed by atoms with Gasteiger partial charge in [-0.05, 0) is 12.5 Å². The molecule has 0 atom stereocenters. The Bertz CT molecular complexity index is 624. The largest absolute Gasteiger partial charge is 0.433 e. The number of nitrogens with zero attached hydrogens (tertiary/aromatic N) is 1. The quantitative estimate of drug-likeness (QED) is 0.775. The summed E-state index contributed by atoms with van der Waals surface area (Å²) in [4.78, 5) is 0. The lowest BCUT2D eigenvalue weighted by Gasteiger charge is -2.12. The van der Waals surface area contributed by atoms with Gasteiger partial charge in [-0.2, -0.15) is 31.4 Å². The topological polar surface area (TPSA) is 28.7 Å². The minimum Gasteiger partial charge on any atom is -0.272 e. The van der Waals surface area contributed by atoms with Gasteiger partial charge >= 0.3 is 12.4 Å². The number of hydrogen-bond donors (Lipinski definition) is 1. The Labute approximate surface area is 109 Å². The van der Waals surface area contributed by atoms with Crippen LogP contribution in [0.2, 0.25) is 0 Å². The van der Waals surface area contributed by atoms with E-state index in [2.05, 4.69) is 5.10 Å². The zero-order valence-electron chi connectivity index (χ0n) is 10.0. The molecule has 1 aromatic carbocycles. The number of aromatic nitrogens is 2. The normalized spacial score (nSPS) is 12.8. The van der Waals surface area contributed by atoms with E-state index < -0.39 is 29.3 Å². The Hall–Kier alpha value is -1.99. The van der Waals surface area contributed by atoms with Crippen LogP contribution >= 0.6 is 0 Å². The molecule has 2 nitrogen and oxygen atoms in total. The summed E-state index contributed by atoms with van der Waals surface area (Å²) in [6, 6.07) is 5.80. The van der Waals surface area contributed by atoms with Crippen molar-refractivity contribution >= 4 is 0 Å². The molecule has 1 aromatic heterocycles. The number of benzene rings is 1. The Kier molecular flexibility index (Phi) is 3.27. The lowest BCUT2D eigenvalue weighted by atomic mass is 10.0. The molecule has 2 aromatic rings. The average Bonchev–Trinajstić information content (AvgIpc) is 2.73. The van der Waals surface area contributed by atoms with Crippen LogP contribution in [0.5, 0.6) is 0 Å². The third-order valence-electron chi connectivity index (χ3n) is 2.73. The molecule has 20 heavy (non-hydrogen) atoms. The minimum atomic E-state index is -5.16. The summed E-state index contributed by atoms with van der Waals surface area (Å²) in [6.45, 7) is 1.50. The minimum absolute atomic E-state index is 0.00609. The van der Waals surface area contributed by atoms with E-state index in [0.717, 1.165) is 0 Å². The van der Waals surface area contributed by atoms with Gasteiger partial charge in [0.25, 0.3) is 0 Å². The van der Waals surface area contributed by atoms with Gasteiger partial charge in [0.15, 0.2) is 5.69 Å². The van der Waals surface area contributed by atoms with Crippen LogP contribution in [0.25, 0.3) is 11.3 Å². The summed E-state index contributed by atoms with van der Waals surface area (Å²) in [5.41, 5.74) is -4.02. The highest BCUT2D eigenvalue weighted by molar-refractivity contribution is 5.68. The van der Waals surface area contributed by atoms with Crippen molar-refractivity contribution in [2.75, 3.05) is 0 Å². The van der Waals surface area contributed by atoms with Crippen LogP contribution in [-0.2, 0) is 12.4 Å². The molecular weight excluding hydrogens is 286 g/mol. The predicted octanol–water partition coefficient (Wildman–Crippen LogP) is 4.42. The van der Waals surface area contributed by atoms with Gasteiger partial charge in [0, 0.05) is 5.56 Å². The van der Waals surface area contributed by atoms with Crippen molar-refractivity contribution in [3.63, 3.8) is 0 Å². The van der Waals surface area contributed by atoms with Crippen LogP contribution in [-0.4, -0.2) is 10.2 Å². The van der Waals surface area contributed by atoms with Crippen molar-refractivity contribution < 1.29 is 26.3 Å². The fourth-order valence-corrected chi connectivity index (χ4v) is 1.86. The Morgan fingerprint density at radius 3 is 2.05 bits per heavy atom. The van der Waals surface area contributed by atoms with Crippen LogP contribution in [0.4, 0.5) is 26.3 Å². The second-order valence-corrected chi connectivity index (χ2v) is 4.13. The third kappa shape index (κ3) is 2.50. The molecule has 0 bridgehead atoms. The van der Waals surface area contributed by atoms with E-state index in [1.54, 1.807) is 6.07 Å². The third-order valence-corrected chi connectivity index (χ3v) is 2.73. The van der Waals surface area contributed by atoms with Crippen molar-refractivity contribution in [3.8, 4) is 11.3 Å². The zero-order valence-corrected chi connectivity index (χ0v) is 10.0. The van der Waals surface area contributed by atoms with E-state index in [9.17, 15) is 26.3 Å². The summed E-state index contributed by atoms with van der Waals surface area (Å²) in [5.74, 6) is 0. The maximum atomic E-state index is 12.9. The number of halogens is 6. The molecule has 1 heterocycles. The first-order valence-electron chi connectivity index (χ1n) is 5.41. The van der Waals surface area contributed by atoms with Crippen molar-refractivity contribution in [1.82, 2.24) is 10.2 Å². The second-order valence-electron chi connectivity index (χ2n) is 4.13. The molecular formula is C12H8F6N2. The summed E-state index contributed by atoms with van der Waals surface area (Å²) < 4.78 is 76.7. The van der Waals surface area contributed by atoms with Gasteiger partial charge in [0.1, 0.15) is 11.3 Å². The number of aryl methyl sites for hydroxylation is 1. The standard InChI is InChI=1S/C12H8F6N2/c1-6-4-2-3-5-7(6)9-8(11(13,14)15)10(20-19-9)12(16,17)18/h2-5H,1H3,(H,19,20). The first-order chi connectivity index (χ1) is 9.12. The highest BCUT2D eigenvalue weighted by Crippen LogP contribution is 2.44. The van der Waals surface area contributed by atoms with E-state index in [0.29, 0.717) is 5.56 Å². The number of hydrogen-bond acceptors (Lipinski definition) is 1. The highest BCUT2D eigenvalue weighted by Gasteiger charge is 2.47. The van der Waals surface area contributed by atoms with Gasteiger partial charge < -0.3 is 0 Å². The molecule has 2 rings (SSSR count). The van der Waals surface area contributed by atoms with E-state index in [4.69, 9.17) is 0 Å². The number of nitrogens with one attached hydrogen (secondary N) is 1. The summed E-state index contributed by atoms with van der Waals surface area (Å²) >= 11 is 0. The molecule has 0 aliphatic rings. The van der Waals surface area contributed by atoms with Crippen LogP contribution in [0.3, 0.4) is 0 Å². The SMILES string of the molecule is Cc1ccccc1-c1n[nH]c(C(F)(F)F)c1C(F)(F)F. The Balaban J connectivity index is 2.74. The van der Waals surface area contributed by atoms with Crippen LogP contribution in [0.1, 0.15) is 16.8 Å². The molecule has 0 amide bonds. The summed E-state index contributed by atoms with van der Waals surface area (Å²) in [7, 11) is 0. The smallest absolute Gasteiger partial charge is 0.272 e. The lowest BCUT2D eigenvalue weighted by Crippen LogP contribution is -2.16. The van der Waals surface area contributed by atoms with Gasteiger partial charge in [-0.15, -0.1) is 0 Å². The van der Waals surface area contributed by atoms with Crippen LogP contribution < -0.4 is 0 Å². The molecule has 0 aliphatic carbocycles. The molecule has 8 heteroatoms. The maximum absolute atomic E-state index is 12.9. The van der Waals surface area contributed by atoms with Gasteiger partial charge in [-0.1, -0.05) is 24.3 Å². The number of aromatic amines is 1. The number of H-pyrrole nitrogens is 1. The molecule has 108 valence electrons. The van der Waals surface area contributed by atoms with Crippen molar-refractivity contribution in [2.45, 2.75) is 19.3 Å². The van der Waals surface area contributed by atoms with E-state index in [1.165, 1.54) is 30.2 Å². The summed E-state index contributed by atoms with van der Waals surface area (Å²) in [5, 5.41) is 4.67. The van der Waals surface area contributed by atoms with Crippen molar-refractivity contribution in [2.24, 2.45) is 0 Å². The summed E-state index contributed by atoms with van der Waals surface area (Å²) in [6.07, 6.45) is -10.3. The van der Waals surface area contributed by atoms with Crippen molar-refractivity contribution in [3.05, 3.63) is 41.1 Å². The van der Waals surface area contributed by atoms with E-state index in [-0.39, 0.29) is 5.56 Å². The molecule has 1 N–H and O–H groups in total. The fourth-order valence-electron chi connectivity index (χ4n) is 1.86. The van der Waals surface area contributed by atoms with Gasteiger partial charge in [-0.3, -0.25) is 5.10 Å².